The van der Waals surface area contributed by atoms with Crippen LogP contribution in [0.15, 0.2) is 34.6 Å². The summed E-state index contributed by atoms with van der Waals surface area (Å²) in [5, 5.41) is 4.62. The molecular formula is C11H9NOS3. The molecule has 1 fully saturated rings. The lowest BCUT2D eigenvalue weighted by Gasteiger charge is -1.93. The Hall–Kier alpha value is -0.910. The number of thiophene rings is 1. The van der Waals surface area contributed by atoms with Gasteiger partial charge >= 0.3 is 0 Å². The van der Waals surface area contributed by atoms with Crippen LogP contribution in [0.2, 0.25) is 0 Å². The third-order valence-corrected chi connectivity index (χ3v) is 4.22. The molecule has 2 heterocycles. The number of thiocarbonyl (C=S) groups is 1. The molecule has 0 aliphatic carbocycles. The number of hydrogen-bond acceptors (Lipinski definition) is 4. The highest BCUT2D eigenvalue weighted by molar-refractivity contribution is 8.26. The molecule has 2 nitrogen and oxygen atoms in total. The molecule has 1 aliphatic rings. The van der Waals surface area contributed by atoms with E-state index in [9.17, 15) is 4.79 Å². The van der Waals surface area contributed by atoms with Crippen molar-refractivity contribution in [2.24, 2.45) is 0 Å². The van der Waals surface area contributed by atoms with Crippen LogP contribution in [0.4, 0.5) is 0 Å². The standard InChI is InChI=1S/C11H9NOS3/c1-7(8-3-2-6-15-8)4-5-9-10(13)12-11(14)16-9/h2-6H,1H3,(H,12,13,14)/b7-4-,9-5+. The Morgan fingerprint density at radius 3 is 2.94 bits per heavy atom. The highest BCUT2D eigenvalue weighted by Gasteiger charge is 2.21. The SMILES string of the molecule is C/C(=C/C=C1/SC(=S)NC1=O)c1cccs1. The van der Waals surface area contributed by atoms with E-state index in [4.69, 9.17) is 12.2 Å². The minimum absolute atomic E-state index is 0.106. The van der Waals surface area contributed by atoms with Crippen molar-refractivity contribution in [3.05, 3.63) is 39.4 Å². The molecule has 1 aromatic rings. The third kappa shape index (κ3) is 2.61. The van der Waals surface area contributed by atoms with Gasteiger partial charge in [0.05, 0.1) is 4.91 Å². The van der Waals surface area contributed by atoms with E-state index < -0.39 is 0 Å². The summed E-state index contributed by atoms with van der Waals surface area (Å²) in [6, 6.07) is 4.07. The summed E-state index contributed by atoms with van der Waals surface area (Å²) in [5.41, 5.74) is 1.15. The maximum absolute atomic E-state index is 11.4. The van der Waals surface area contributed by atoms with Crippen molar-refractivity contribution in [1.29, 1.82) is 0 Å². The molecule has 0 unspecified atom stereocenters. The van der Waals surface area contributed by atoms with Gasteiger partial charge in [-0.15, -0.1) is 11.3 Å². The summed E-state index contributed by atoms with van der Waals surface area (Å²) in [7, 11) is 0. The summed E-state index contributed by atoms with van der Waals surface area (Å²) in [5.74, 6) is -0.106. The van der Waals surface area contributed by atoms with E-state index >= 15 is 0 Å². The van der Waals surface area contributed by atoms with Crippen LogP contribution < -0.4 is 5.32 Å². The van der Waals surface area contributed by atoms with E-state index in [2.05, 4.69) is 11.4 Å². The highest BCUT2D eigenvalue weighted by atomic mass is 32.2. The average Bonchev–Trinajstić information content (AvgIpc) is 2.84. The lowest BCUT2D eigenvalue weighted by molar-refractivity contribution is -0.115. The summed E-state index contributed by atoms with van der Waals surface area (Å²) in [4.78, 5) is 13.2. The predicted octanol–water partition coefficient (Wildman–Crippen LogP) is 3.18. The molecule has 82 valence electrons. The first kappa shape index (κ1) is 11.6. The Kier molecular flexibility index (Phi) is 3.58. The largest absolute Gasteiger partial charge is 0.307 e. The summed E-state index contributed by atoms with van der Waals surface area (Å²) in [6.07, 6.45) is 3.76. The van der Waals surface area contributed by atoms with E-state index in [0.29, 0.717) is 9.23 Å². The van der Waals surface area contributed by atoms with Crippen molar-refractivity contribution in [3.8, 4) is 0 Å². The molecule has 0 radical (unpaired) electrons. The van der Waals surface area contributed by atoms with Crippen molar-refractivity contribution in [1.82, 2.24) is 5.32 Å². The Morgan fingerprint density at radius 2 is 2.38 bits per heavy atom. The topological polar surface area (TPSA) is 29.1 Å². The van der Waals surface area contributed by atoms with Crippen molar-refractivity contribution < 1.29 is 4.79 Å². The lowest BCUT2D eigenvalue weighted by atomic mass is 10.2. The van der Waals surface area contributed by atoms with Crippen LogP contribution in [0.25, 0.3) is 5.57 Å². The highest BCUT2D eigenvalue weighted by Crippen LogP contribution is 2.25. The molecule has 0 aromatic carbocycles. The van der Waals surface area contributed by atoms with Crippen molar-refractivity contribution in [2.45, 2.75) is 6.92 Å². The first-order chi connectivity index (χ1) is 7.66. The number of carbonyl (C=O) groups is 1. The molecular weight excluding hydrogens is 258 g/mol. The molecule has 1 aromatic heterocycles. The molecule has 0 atom stereocenters. The van der Waals surface area contributed by atoms with Gasteiger partial charge in [-0.25, -0.2) is 0 Å². The van der Waals surface area contributed by atoms with E-state index in [1.807, 2.05) is 30.5 Å². The molecule has 0 bridgehead atoms. The number of allylic oxidation sites excluding steroid dienone is 3. The zero-order valence-corrected chi connectivity index (χ0v) is 11.0. The number of nitrogens with one attached hydrogen (secondary N) is 1. The van der Waals surface area contributed by atoms with Crippen LogP contribution in [0, 0.1) is 0 Å². The van der Waals surface area contributed by atoms with Gasteiger partial charge in [0.15, 0.2) is 0 Å². The van der Waals surface area contributed by atoms with Crippen LogP contribution >= 0.6 is 35.3 Å². The molecule has 0 spiro atoms. The second-order valence-electron chi connectivity index (χ2n) is 3.20. The smallest absolute Gasteiger partial charge is 0.263 e. The molecule has 1 amide bonds. The number of hydrogen-bond donors (Lipinski definition) is 1. The molecule has 1 N–H and O–H groups in total. The van der Waals surface area contributed by atoms with Gasteiger partial charge in [0.2, 0.25) is 0 Å². The second kappa shape index (κ2) is 4.95. The number of thioether (sulfide) groups is 1. The molecule has 1 aliphatic heterocycles. The summed E-state index contributed by atoms with van der Waals surface area (Å²) < 4.78 is 0.526. The molecule has 2 rings (SSSR count). The minimum Gasteiger partial charge on any atom is -0.307 e. The van der Waals surface area contributed by atoms with Gasteiger partial charge in [-0.3, -0.25) is 4.79 Å². The van der Waals surface area contributed by atoms with E-state index in [0.717, 1.165) is 5.57 Å². The normalized spacial score (nSPS) is 19.3. The summed E-state index contributed by atoms with van der Waals surface area (Å²) in [6.45, 7) is 2.03. The van der Waals surface area contributed by atoms with Crippen molar-refractivity contribution >= 4 is 51.1 Å². The fraction of sp³-hybridized carbons (Fsp3) is 0.0909. The molecule has 1 saturated heterocycles. The second-order valence-corrected chi connectivity index (χ2v) is 5.87. The fourth-order valence-corrected chi connectivity index (χ4v) is 2.92. The Bertz CT molecular complexity index is 485. The number of carbonyl (C=O) groups excluding carboxylic acids is 1. The van der Waals surface area contributed by atoms with Crippen LogP contribution in [0.3, 0.4) is 0 Å². The van der Waals surface area contributed by atoms with E-state index in [-0.39, 0.29) is 5.91 Å². The predicted molar refractivity (Wildman–Crippen MR) is 74.4 cm³/mol. The Labute approximate surface area is 107 Å². The first-order valence-electron chi connectivity index (χ1n) is 4.62. The van der Waals surface area contributed by atoms with Gasteiger partial charge in [0.1, 0.15) is 4.32 Å². The first-order valence-corrected chi connectivity index (χ1v) is 6.73. The van der Waals surface area contributed by atoms with E-state index in [1.165, 1.54) is 16.6 Å². The third-order valence-electron chi connectivity index (χ3n) is 2.04. The monoisotopic (exact) mass is 267 g/mol. The van der Waals surface area contributed by atoms with Gasteiger partial charge in [-0.05, 0) is 30.0 Å². The summed E-state index contributed by atoms with van der Waals surface area (Å²) >= 11 is 7.89. The number of rotatable bonds is 2. The zero-order chi connectivity index (χ0) is 11.5. The van der Waals surface area contributed by atoms with Crippen LogP contribution in [-0.4, -0.2) is 10.2 Å². The minimum atomic E-state index is -0.106. The lowest BCUT2D eigenvalue weighted by Crippen LogP contribution is -2.17. The Balaban J connectivity index is 2.17. The van der Waals surface area contributed by atoms with Crippen LogP contribution in [-0.2, 0) is 4.79 Å². The average molecular weight is 267 g/mol. The number of amides is 1. The van der Waals surface area contributed by atoms with Crippen molar-refractivity contribution in [3.63, 3.8) is 0 Å². The van der Waals surface area contributed by atoms with Crippen molar-refractivity contribution in [2.75, 3.05) is 0 Å². The fourth-order valence-electron chi connectivity index (χ4n) is 1.22. The Morgan fingerprint density at radius 1 is 1.56 bits per heavy atom. The maximum atomic E-state index is 11.4. The van der Waals surface area contributed by atoms with E-state index in [1.54, 1.807) is 11.3 Å². The molecule has 0 saturated carbocycles. The van der Waals surface area contributed by atoms with Gasteiger partial charge < -0.3 is 5.32 Å². The molecule has 16 heavy (non-hydrogen) atoms. The van der Waals surface area contributed by atoms with Crippen LogP contribution in [0.1, 0.15) is 11.8 Å². The van der Waals surface area contributed by atoms with Gasteiger partial charge in [-0.2, -0.15) is 0 Å². The zero-order valence-electron chi connectivity index (χ0n) is 8.52. The van der Waals surface area contributed by atoms with Gasteiger partial charge in [-0.1, -0.05) is 36.1 Å². The van der Waals surface area contributed by atoms with Gasteiger partial charge in [0.25, 0.3) is 5.91 Å². The molecule has 5 heteroatoms. The van der Waals surface area contributed by atoms with Crippen LogP contribution in [0.5, 0.6) is 0 Å². The maximum Gasteiger partial charge on any atom is 0.263 e. The van der Waals surface area contributed by atoms with Gasteiger partial charge in [0, 0.05) is 4.88 Å². The quantitative estimate of drug-likeness (QED) is 0.659.